The molecule has 0 saturated heterocycles. The molecule has 2 aliphatic carbocycles. The van der Waals surface area contributed by atoms with Crippen LogP contribution in [0.1, 0.15) is 82.3 Å². The molecule has 3 aromatic carbocycles. The van der Waals surface area contributed by atoms with Gasteiger partial charge in [0.05, 0.1) is 6.61 Å². The van der Waals surface area contributed by atoms with Gasteiger partial charge < -0.3 is 9.47 Å². The molecule has 2 nitrogen and oxygen atoms in total. The zero-order valence-corrected chi connectivity index (χ0v) is 22.7. The fraction of sp³-hybridized carbons (Fsp3) is 0.471. The van der Waals surface area contributed by atoms with Gasteiger partial charge in [0.15, 0.2) is 11.5 Å². The molecule has 0 amide bonds. The second-order valence-corrected chi connectivity index (χ2v) is 11.2. The lowest BCUT2D eigenvalue weighted by Crippen LogP contribution is -2.30. The third kappa shape index (κ3) is 6.06. The van der Waals surface area contributed by atoms with Gasteiger partial charge in [-0.15, -0.1) is 0 Å². The van der Waals surface area contributed by atoms with Crippen LogP contribution in [0.3, 0.4) is 0 Å². The molecular weight excluding hydrogens is 478 g/mol. The maximum absolute atomic E-state index is 14.3. The van der Waals surface area contributed by atoms with Crippen molar-refractivity contribution in [1.29, 1.82) is 0 Å². The van der Waals surface area contributed by atoms with E-state index in [0.29, 0.717) is 5.92 Å². The van der Waals surface area contributed by atoms with Gasteiger partial charge in [-0.3, -0.25) is 0 Å². The minimum atomic E-state index is -1.02. The van der Waals surface area contributed by atoms with Gasteiger partial charge in [0.2, 0.25) is 11.6 Å². The molecule has 0 radical (unpaired) electrons. The minimum absolute atomic E-state index is 0.102. The van der Waals surface area contributed by atoms with Crippen molar-refractivity contribution < 1.29 is 18.3 Å². The van der Waals surface area contributed by atoms with Crippen molar-refractivity contribution in [2.75, 3.05) is 6.61 Å². The Hall–Kier alpha value is -2.88. The molecule has 4 atom stereocenters. The lowest BCUT2D eigenvalue weighted by molar-refractivity contribution is 0.114. The number of hydrogen-bond acceptors (Lipinski definition) is 2. The van der Waals surface area contributed by atoms with Gasteiger partial charge in [-0.25, -0.2) is 0 Å². The van der Waals surface area contributed by atoms with Crippen LogP contribution in [-0.2, 0) is 6.61 Å². The van der Waals surface area contributed by atoms with Crippen LogP contribution in [0.2, 0.25) is 0 Å². The Morgan fingerprint density at radius 1 is 0.684 bits per heavy atom. The zero-order valence-electron chi connectivity index (χ0n) is 22.7. The standard InChI is InChI=1S/C34H40F2O2/c1-3-5-23-6-11-30-21-29(17-16-28(30)20-23)27-14-12-26(13-15-27)25-9-7-24(8-10-25)22-38-32-19-18-31(37-4-2)33(35)34(32)36/h7-10,12-15,18-19,23,28-30H,3-6,11,16-17,20-22H2,1-2H3. The van der Waals surface area contributed by atoms with E-state index in [2.05, 4.69) is 43.3 Å². The molecule has 0 heterocycles. The van der Waals surface area contributed by atoms with E-state index in [4.69, 9.17) is 9.47 Å². The van der Waals surface area contributed by atoms with Crippen LogP contribution in [0, 0.1) is 29.4 Å². The molecule has 0 aliphatic heterocycles. The molecule has 0 aromatic heterocycles. The first-order valence-corrected chi connectivity index (χ1v) is 14.5. The molecule has 4 unspecified atom stereocenters. The highest BCUT2D eigenvalue weighted by Crippen LogP contribution is 2.48. The van der Waals surface area contributed by atoms with Crippen LogP contribution < -0.4 is 9.47 Å². The van der Waals surface area contributed by atoms with Crippen LogP contribution in [0.25, 0.3) is 11.1 Å². The van der Waals surface area contributed by atoms with Gasteiger partial charge in [-0.1, -0.05) is 74.7 Å². The van der Waals surface area contributed by atoms with Crippen molar-refractivity contribution in [1.82, 2.24) is 0 Å². The summed E-state index contributed by atoms with van der Waals surface area (Å²) in [5.74, 6) is 1.29. The Kier molecular flexibility index (Phi) is 8.66. The maximum Gasteiger partial charge on any atom is 0.204 e. The molecule has 202 valence electrons. The fourth-order valence-corrected chi connectivity index (χ4v) is 6.75. The Morgan fingerprint density at radius 2 is 1.29 bits per heavy atom. The highest BCUT2D eigenvalue weighted by Gasteiger charge is 2.35. The number of fused-ring (bicyclic) bond motifs is 1. The summed E-state index contributed by atoms with van der Waals surface area (Å²) in [5.41, 5.74) is 4.70. The first-order valence-electron chi connectivity index (χ1n) is 14.5. The van der Waals surface area contributed by atoms with E-state index in [0.717, 1.165) is 28.9 Å². The third-order valence-corrected chi connectivity index (χ3v) is 8.79. The van der Waals surface area contributed by atoms with Crippen molar-refractivity contribution in [3.05, 3.63) is 83.4 Å². The van der Waals surface area contributed by atoms with Crippen molar-refractivity contribution in [2.24, 2.45) is 17.8 Å². The molecule has 38 heavy (non-hydrogen) atoms. The van der Waals surface area contributed by atoms with E-state index in [1.54, 1.807) is 6.92 Å². The van der Waals surface area contributed by atoms with Crippen molar-refractivity contribution in [2.45, 2.75) is 77.7 Å². The predicted molar refractivity (Wildman–Crippen MR) is 150 cm³/mol. The molecule has 2 aliphatic rings. The highest BCUT2D eigenvalue weighted by molar-refractivity contribution is 5.64. The van der Waals surface area contributed by atoms with Gasteiger partial charge in [0.1, 0.15) is 6.61 Å². The number of halogens is 2. The average Bonchev–Trinajstić information content (AvgIpc) is 2.95. The molecule has 2 saturated carbocycles. The van der Waals surface area contributed by atoms with Gasteiger partial charge in [0.25, 0.3) is 0 Å². The Labute approximate surface area is 226 Å². The maximum atomic E-state index is 14.3. The average molecular weight is 519 g/mol. The Bertz CT molecular complexity index is 1190. The Balaban J connectivity index is 1.16. The second kappa shape index (κ2) is 12.3. The lowest BCUT2D eigenvalue weighted by Gasteiger charge is -2.42. The quantitative estimate of drug-likeness (QED) is 0.281. The molecule has 2 fully saturated rings. The van der Waals surface area contributed by atoms with E-state index < -0.39 is 11.6 Å². The molecule has 0 bridgehead atoms. The molecule has 4 heteroatoms. The summed E-state index contributed by atoms with van der Waals surface area (Å²) in [7, 11) is 0. The monoisotopic (exact) mass is 518 g/mol. The van der Waals surface area contributed by atoms with Crippen LogP contribution in [0.5, 0.6) is 11.5 Å². The topological polar surface area (TPSA) is 18.5 Å². The van der Waals surface area contributed by atoms with E-state index in [1.807, 2.05) is 12.1 Å². The normalized spacial score (nSPS) is 23.1. The molecule has 0 spiro atoms. The molecule has 0 N–H and O–H groups in total. The first kappa shape index (κ1) is 26.7. The Morgan fingerprint density at radius 3 is 1.95 bits per heavy atom. The van der Waals surface area contributed by atoms with Crippen LogP contribution in [0.4, 0.5) is 8.78 Å². The molecule has 5 rings (SSSR count). The largest absolute Gasteiger partial charge is 0.491 e. The summed E-state index contributed by atoms with van der Waals surface area (Å²) in [6, 6.07) is 20.0. The third-order valence-electron chi connectivity index (χ3n) is 8.79. The summed E-state index contributed by atoms with van der Waals surface area (Å²) in [6.45, 7) is 4.48. The summed E-state index contributed by atoms with van der Waals surface area (Å²) in [5, 5.41) is 0. The fourth-order valence-electron chi connectivity index (χ4n) is 6.75. The van der Waals surface area contributed by atoms with Gasteiger partial charge in [0, 0.05) is 0 Å². The van der Waals surface area contributed by atoms with Gasteiger partial charge >= 0.3 is 0 Å². The SMILES string of the molecule is CCCC1CCC2CC(c3ccc(-c4ccc(COc5ccc(OCC)c(F)c5F)cc4)cc3)CCC2C1. The zero-order chi connectivity index (χ0) is 26.5. The van der Waals surface area contributed by atoms with Crippen LogP contribution >= 0.6 is 0 Å². The van der Waals surface area contributed by atoms with Crippen molar-refractivity contribution in [3.8, 4) is 22.6 Å². The van der Waals surface area contributed by atoms with E-state index in [9.17, 15) is 8.78 Å². The second-order valence-electron chi connectivity index (χ2n) is 11.2. The summed E-state index contributed by atoms with van der Waals surface area (Å²) in [6.07, 6.45) is 11.2. The van der Waals surface area contributed by atoms with Gasteiger partial charge in [-0.05, 0) is 97.1 Å². The summed E-state index contributed by atoms with van der Waals surface area (Å²) < 4.78 is 39.0. The minimum Gasteiger partial charge on any atom is -0.491 e. The van der Waals surface area contributed by atoms with E-state index >= 15 is 0 Å². The van der Waals surface area contributed by atoms with E-state index in [1.165, 1.54) is 74.6 Å². The molecular formula is C34H40F2O2. The number of hydrogen-bond donors (Lipinski definition) is 0. The number of ether oxygens (including phenoxy) is 2. The first-order chi connectivity index (χ1) is 18.6. The predicted octanol–water partition coefficient (Wildman–Crippen LogP) is 9.71. The van der Waals surface area contributed by atoms with E-state index in [-0.39, 0.29) is 24.7 Å². The van der Waals surface area contributed by atoms with Crippen molar-refractivity contribution in [3.63, 3.8) is 0 Å². The van der Waals surface area contributed by atoms with Crippen LogP contribution in [0.15, 0.2) is 60.7 Å². The van der Waals surface area contributed by atoms with Crippen molar-refractivity contribution >= 4 is 0 Å². The molecule has 3 aromatic rings. The number of rotatable bonds is 9. The smallest absolute Gasteiger partial charge is 0.204 e. The van der Waals surface area contributed by atoms with Gasteiger partial charge in [-0.2, -0.15) is 8.78 Å². The number of benzene rings is 3. The summed E-state index contributed by atoms with van der Waals surface area (Å²) >= 11 is 0. The summed E-state index contributed by atoms with van der Waals surface area (Å²) in [4.78, 5) is 0. The highest BCUT2D eigenvalue weighted by atomic mass is 19.2. The lowest BCUT2D eigenvalue weighted by atomic mass is 9.63. The van der Waals surface area contributed by atoms with Crippen LogP contribution in [-0.4, -0.2) is 6.61 Å².